The van der Waals surface area contributed by atoms with Crippen LogP contribution in [0.3, 0.4) is 0 Å². The lowest BCUT2D eigenvalue weighted by Gasteiger charge is -2.12. The van der Waals surface area contributed by atoms with Crippen LogP contribution in [0, 0.1) is 0 Å². The van der Waals surface area contributed by atoms with Crippen molar-refractivity contribution in [3.63, 3.8) is 0 Å². The highest BCUT2D eigenvalue weighted by atomic mass is 32.2. The quantitative estimate of drug-likeness (QED) is 0.195. The van der Waals surface area contributed by atoms with E-state index < -0.39 is 0 Å². The molecule has 0 aliphatic heterocycles. The average Bonchev–Trinajstić information content (AvgIpc) is 3.19. The van der Waals surface area contributed by atoms with E-state index in [9.17, 15) is 4.79 Å². The number of amides is 1. The molecule has 0 saturated heterocycles. The summed E-state index contributed by atoms with van der Waals surface area (Å²) < 4.78 is 13.3. The Morgan fingerprint density at radius 1 is 1.23 bits per heavy atom. The maximum absolute atomic E-state index is 11.6. The van der Waals surface area contributed by atoms with Crippen LogP contribution in [0.4, 0.5) is 5.69 Å². The normalized spacial score (nSPS) is 11.8. The summed E-state index contributed by atoms with van der Waals surface area (Å²) in [5, 5.41) is 2.86. The maximum atomic E-state index is 11.6. The highest BCUT2D eigenvalue weighted by Crippen LogP contribution is 2.32. The van der Waals surface area contributed by atoms with Gasteiger partial charge in [0, 0.05) is 12.1 Å². The number of ether oxygens (including phenoxy) is 2. The molecule has 0 saturated carbocycles. The highest BCUT2D eigenvalue weighted by molar-refractivity contribution is 8.01. The largest absolute Gasteiger partial charge is 0.462 e. The Hall–Kier alpha value is -2.51. The smallest absolute Gasteiger partial charge is 0.230 e. The van der Waals surface area contributed by atoms with Crippen molar-refractivity contribution in [2.75, 3.05) is 17.9 Å². The lowest BCUT2D eigenvalue weighted by Crippen LogP contribution is -2.08. The van der Waals surface area contributed by atoms with Gasteiger partial charge < -0.3 is 14.8 Å². The number of carbonyl (C=O) groups is 1. The zero-order valence-corrected chi connectivity index (χ0v) is 19.8. The Kier molecular flexibility index (Phi) is 8.37. The molecule has 164 valence electrons. The number of carbonyl (C=O) groups excluding carboxylic acids is 1. The second-order valence-corrected chi connectivity index (χ2v) is 9.43. The molecule has 0 bridgehead atoms. The first-order valence-corrected chi connectivity index (χ1v) is 12.1. The standard InChI is InChI=1S/C24H28N2O3S2/c1-5-16(3)18-7-10-20(11-8-18)29-15-28-17(4)14-30-24-26-21-13-19(25-23(27)6-2)9-12-22(21)31-24/h7-13,16H,4-6,14-15H2,1-3H3,(H,25,27). The second-order valence-electron chi connectivity index (χ2n) is 7.18. The van der Waals surface area contributed by atoms with Crippen LogP contribution < -0.4 is 10.1 Å². The molecule has 3 aromatic rings. The molecule has 1 N–H and O–H groups in total. The molecule has 1 amide bonds. The summed E-state index contributed by atoms with van der Waals surface area (Å²) in [6, 6.07) is 13.9. The van der Waals surface area contributed by atoms with Crippen molar-refractivity contribution in [3.8, 4) is 5.75 Å². The fourth-order valence-corrected chi connectivity index (χ4v) is 4.68. The minimum Gasteiger partial charge on any atom is -0.462 e. The molecule has 0 radical (unpaired) electrons. The van der Waals surface area contributed by atoms with Gasteiger partial charge in [0.15, 0.2) is 4.34 Å². The van der Waals surface area contributed by atoms with Gasteiger partial charge in [-0.2, -0.15) is 0 Å². The first-order chi connectivity index (χ1) is 15.0. The van der Waals surface area contributed by atoms with Crippen LogP contribution in [-0.2, 0) is 9.53 Å². The number of hydrogen-bond acceptors (Lipinski definition) is 6. The van der Waals surface area contributed by atoms with E-state index >= 15 is 0 Å². The van der Waals surface area contributed by atoms with Crippen LogP contribution >= 0.6 is 23.1 Å². The summed E-state index contributed by atoms with van der Waals surface area (Å²) >= 11 is 3.18. The lowest BCUT2D eigenvalue weighted by molar-refractivity contribution is -0.115. The van der Waals surface area contributed by atoms with Gasteiger partial charge in [-0.05, 0) is 48.2 Å². The highest BCUT2D eigenvalue weighted by Gasteiger charge is 2.08. The number of thiazole rings is 1. The first-order valence-electron chi connectivity index (χ1n) is 10.3. The van der Waals surface area contributed by atoms with Crippen LogP contribution in [0.1, 0.15) is 45.1 Å². The van der Waals surface area contributed by atoms with Gasteiger partial charge in [0.05, 0.1) is 16.0 Å². The molecule has 5 nitrogen and oxygen atoms in total. The van der Waals surface area contributed by atoms with Crippen molar-refractivity contribution < 1.29 is 14.3 Å². The summed E-state index contributed by atoms with van der Waals surface area (Å²) in [4.78, 5) is 16.2. The number of nitrogens with zero attached hydrogens (tertiary/aromatic N) is 1. The number of aromatic nitrogens is 1. The van der Waals surface area contributed by atoms with Gasteiger partial charge in [-0.3, -0.25) is 4.79 Å². The van der Waals surface area contributed by atoms with E-state index in [4.69, 9.17) is 9.47 Å². The number of thioether (sulfide) groups is 1. The Morgan fingerprint density at radius 2 is 2.00 bits per heavy atom. The maximum Gasteiger partial charge on any atom is 0.230 e. The molecule has 1 atom stereocenters. The summed E-state index contributed by atoms with van der Waals surface area (Å²) in [5.74, 6) is 2.55. The SMILES string of the molecule is C=C(CSc1nc2cc(NC(=O)CC)ccc2s1)OCOc1ccc(C(C)CC)cc1. The Labute approximate surface area is 191 Å². The van der Waals surface area contributed by atoms with Gasteiger partial charge in [-0.1, -0.05) is 51.2 Å². The number of hydrogen-bond donors (Lipinski definition) is 1. The van der Waals surface area contributed by atoms with E-state index in [1.165, 1.54) is 5.56 Å². The molecular weight excluding hydrogens is 428 g/mol. The third-order valence-electron chi connectivity index (χ3n) is 4.88. The zero-order chi connectivity index (χ0) is 22.2. The van der Waals surface area contributed by atoms with Gasteiger partial charge in [0.2, 0.25) is 12.7 Å². The van der Waals surface area contributed by atoms with Crippen molar-refractivity contribution in [1.82, 2.24) is 4.98 Å². The number of nitrogens with one attached hydrogen (secondary N) is 1. The fourth-order valence-electron chi connectivity index (χ4n) is 2.79. The van der Waals surface area contributed by atoms with Crippen molar-refractivity contribution in [3.05, 3.63) is 60.4 Å². The van der Waals surface area contributed by atoms with E-state index in [2.05, 4.69) is 42.9 Å². The van der Waals surface area contributed by atoms with Crippen molar-refractivity contribution in [2.45, 2.75) is 43.9 Å². The number of benzene rings is 2. The number of anilines is 1. The average molecular weight is 457 g/mol. The van der Waals surface area contributed by atoms with Crippen molar-refractivity contribution in [2.24, 2.45) is 0 Å². The number of rotatable bonds is 11. The van der Waals surface area contributed by atoms with E-state index in [0.717, 1.165) is 32.4 Å². The fraction of sp³-hybridized carbons (Fsp3) is 0.333. The molecule has 0 spiro atoms. The first kappa shape index (κ1) is 23.2. The summed E-state index contributed by atoms with van der Waals surface area (Å²) in [6.07, 6.45) is 1.57. The Bertz CT molecular complexity index is 1030. The van der Waals surface area contributed by atoms with E-state index in [-0.39, 0.29) is 12.7 Å². The molecule has 0 aliphatic rings. The molecule has 1 unspecified atom stereocenters. The van der Waals surface area contributed by atoms with Crippen molar-refractivity contribution >= 4 is 44.9 Å². The van der Waals surface area contributed by atoms with Crippen LogP contribution in [0.2, 0.25) is 0 Å². The third kappa shape index (κ3) is 6.74. The van der Waals surface area contributed by atoms with E-state index in [1.54, 1.807) is 23.1 Å². The monoisotopic (exact) mass is 456 g/mol. The molecule has 31 heavy (non-hydrogen) atoms. The molecule has 0 fully saturated rings. The van der Waals surface area contributed by atoms with Crippen LogP contribution in [-0.4, -0.2) is 23.4 Å². The minimum atomic E-state index is -0.00805. The molecule has 2 aromatic carbocycles. The summed E-state index contributed by atoms with van der Waals surface area (Å²) in [7, 11) is 0. The molecule has 0 aliphatic carbocycles. The Morgan fingerprint density at radius 3 is 2.71 bits per heavy atom. The van der Waals surface area contributed by atoms with Crippen LogP contribution in [0.5, 0.6) is 5.75 Å². The molecule has 3 rings (SSSR count). The predicted molar refractivity (Wildman–Crippen MR) is 130 cm³/mol. The van der Waals surface area contributed by atoms with Crippen LogP contribution in [0.15, 0.2) is 59.1 Å². The number of fused-ring (bicyclic) bond motifs is 1. The molecule has 7 heteroatoms. The topological polar surface area (TPSA) is 60.5 Å². The second kappa shape index (κ2) is 11.2. The van der Waals surface area contributed by atoms with Crippen molar-refractivity contribution in [1.29, 1.82) is 0 Å². The van der Waals surface area contributed by atoms with Crippen LogP contribution in [0.25, 0.3) is 10.2 Å². The van der Waals surface area contributed by atoms with E-state index in [0.29, 0.717) is 23.9 Å². The minimum absolute atomic E-state index is 0.00805. The molecule has 1 aromatic heterocycles. The van der Waals surface area contributed by atoms with Gasteiger partial charge >= 0.3 is 0 Å². The molecular formula is C24H28N2O3S2. The summed E-state index contributed by atoms with van der Waals surface area (Å²) in [6.45, 7) is 10.3. The summed E-state index contributed by atoms with van der Waals surface area (Å²) in [5.41, 5.74) is 2.95. The van der Waals surface area contributed by atoms with E-state index in [1.807, 2.05) is 37.3 Å². The third-order valence-corrected chi connectivity index (χ3v) is 7.12. The predicted octanol–water partition coefficient (Wildman–Crippen LogP) is 6.82. The van der Waals surface area contributed by atoms with Gasteiger partial charge in [-0.25, -0.2) is 4.98 Å². The van der Waals surface area contributed by atoms with Gasteiger partial charge in [-0.15, -0.1) is 11.3 Å². The zero-order valence-electron chi connectivity index (χ0n) is 18.1. The molecule has 1 heterocycles. The van der Waals surface area contributed by atoms with Gasteiger partial charge in [0.1, 0.15) is 11.5 Å². The van der Waals surface area contributed by atoms with Gasteiger partial charge in [0.25, 0.3) is 0 Å². The Balaban J connectivity index is 1.45. The lowest BCUT2D eigenvalue weighted by atomic mass is 9.99.